The Kier molecular flexibility index (Phi) is 3.03. The molecule has 5 heteroatoms. The van der Waals surface area contributed by atoms with Crippen LogP contribution >= 0.6 is 0 Å². The topological polar surface area (TPSA) is 66.2 Å². The van der Waals surface area contributed by atoms with Gasteiger partial charge in [-0.05, 0) is 12.1 Å². The second kappa shape index (κ2) is 4.46. The summed E-state index contributed by atoms with van der Waals surface area (Å²) in [5.74, 6) is -0.0873. The molecule has 82 valence electrons. The number of aromatic amines is 1. The fourth-order valence-corrected chi connectivity index (χ4v) is 1.76. The summed E-state index contributed by atoms with van der Waals surface area (Å²) in [6.45, 7) is 1.54. The minimum atomic E-state index is -0.0873. The van der Waals surface area contributed by atoms with Gasteiger partial charge in [0, 0.05) is 26.4 Å². The van der Waals surface area contributed by atoms with Crippen LogP contribution in [-0.4, -0.2) is 43.2 Å². The Hall–Kier alpha value is -1.33. The number of hydrogen-bond acceptors (Lipinski definition) is 3. The molecule has 0 bridgehead atoms. The summed E-state index contributed by atoms with van der Waals surface area (Å²) in [5.41, 5.74) is 0.580. The number of rotatable bonds is 3. The minimum Gasteiger partial charge on any atom is -0.378 e. The fraction of sp³-hybridized carbons (Fsp3) is 0.500. The van der Waals surface area contributed by atoms with E-state index in [0.717, 1.165) is 13.1 Å². The molecule has 1 amide bonds. The Bertz CT molecular complexity index is 323. The Morgan fingerprint density at radius 3 is 3.13 bits per heavy atom. The SMILES string of the molecule is COC1CNCC1NC(=O)c1ccc[nH]1. The van der Waals surface area contributed by atoms with E-state index < -0.39 is 0 Å². The lowest BCUT2D eigenvalue weighted by Gasteiger charge is -2.17. The maximum absolute atomic E-state index is 11.7. The van der Waals surface area contributed by atoms with E-state index in [2.05, 4.69) is 15.6 Å². The molecule has 3 N–H and O–H groups in total. The number of aromatic nitrogens is 1. The summed E-state index contributed by atoms with van der Waals surface area (Å²) in [6.07, 6.45) is 1.79. The first-order valence-corrected chi connectivity index (χ1v) is 4.99. The second-order valence-corrected chi connectivity index (χ2v) is 3.60. The van der Waals surface area contributed by atoms with E-state index in [1.54, 1.807) is 25.4 Å². The van der Waals surface area contributed by atoms with Gasteiger partial charge in [-0.3, -0.25) is 4.79 Å². The van der Waals surface area contributed by atoms with Gasteiger partial charge in [-0.1, -0.05) is 0 Å². The molecule has 1 aromatic rings. The number of amides is 1. The fourth-order valence-electron chi connectivity index (χ4n) is 1.76. The molecule has 1 fully saturated rings. The third-order valence-electron chi connectivity index (χ3n) is 2.62. The van der Waals surface area contributed by atoms with Crippen LogP contribution in [0, 0.1) is 0 Å². The molecule has 0 radical (unpaired) electrons. The highest BCUT2D eigenvalue weighted by molar-refractivity contribution is 5.92. The molecule has 2 heterocycles. The van der Waals surface area contributed by atoms with Gasteiger partial charge in [0.1, 0.15) is 5.69 Å². The van der Waals surface area contributed by atoms with Gasteiger partial charge in [-0.15, -0.1) is 0 Å². The summed E-state index contributed by atoms with van der Waals surface area (Å²) >= 11 is 0. The summed E-state index contributed by atoms with van der Waals surface area (Å²) in [4.78, 5) is 14.6. The Labute approximate surface area is 88.2 Å². The van der Waals surface area contributed by atoms with Gasteiger partial charge in [-0.2, -0.15) is 0 Å². The highest BCUT2D eigenvalue weighted by atomic mass is 16.5. The van der Waals surface area contributed by atoms with Crippen LogP contribution in [-0.2, 0) is 4.74 Å². The Morgan fingerprint density at radius 2 is 2.47 bits per heavy atom. The van der Waals surface area contributed by atoms with Crippen LogP contribution in [0.2, 0.25) is 0 Å². The van der Waals surface area contributed by atoms with Gasteiger partial charge in [-0.25, -0.2) is 0 Å². The van der Waals surface area contributed by atoms with Crippen molar-refractivity contribution in [1.29, 1.82) is 0 Å². The van der Waals surface area contributed by atoms with E-state index in [1.807, 2.05) is 0 Å². The van der Waals surface area contributed by atoms with Crippen molar-refractivity contribution in [3.8, 4) is 0 Å². The van der Waals surface area contributed by atoms with E-state index in [1.165, 1.54) is 0 Å². The van der Waals surface area contributed by atoms with Crippen LogP contribution in [0.1, 0.15) is 10.5 Å². The molecule has 15 heavy (non-hydrogen) atoms. The molecule has 1 saturated heterocycles. The quantitative estimate of drug-likeness (QED) is 0.642. The summed E-state index contributed by atoms with van der Waals surface area (Å²) in [5, 5.41) is 6.10. The highest BCUT2D eigenvalue weighted by Crippen LogP contribution is 2.05. The van der Waals surface area contributed by atoms with Crippen molar-refractivity contribution in [3.05, 3.63) is 24.0 Å². The largest absolute Gasteiger partial charge is 0.378 e. The summed E-state index contributed by atoms with van der Waals surface area (Å²) in [7, 11) is 1.66. The molecule has 2 atom stereocenters. The van der Waals surface area contributed by atoms with Crippen molar-refractivity contribution >= 4 is 5.91 Å². The number of H-pyrrole nitrogens is 1. The Balaban J connectivity index is 1.94. The van der Waals surface area contributed by atoms with Crippen molar-refractivity contribution in [2.24, 2.45) is 0 Å². The first-order valence-electron chi connectivity index (χ1n) is 4.99. The first-order chi connectivity index (χ1) is 7.31. The Morgan fingerprint density at radius 1 is 1.60 bits per heavy atom. The zero-order valence-electron chi connectivity index (χ0n) is 8.62. The van der Waals surface area contributed by atoms with Crippen molar-refractivity contribution in [1.82, 2.24) is 15.6 Å². The third kappa shape index (κ3) is 2.19. The number of carbonyl (C=O) groups is 1. The second-order valence-electron chi connectivity index (χ2n) is 3.60. The molecule has 0 aromatic carbocycles. The maximum Gasteiger partial charge on any atom is 0.268 e. The van der Waals surface area contributed by atoms with Crippen LogP contribution in [0.3, 0.4) is 0 Å². The molecular weight excluding hydrogens is 194 g/mol. The lowest BCUT2D eigenvalue weighted by Crippen LogP contribution is -2.43. The molecule has 1 aliphatic heterocycles. The molecule has 0 spiro atoms. The van der Waals surface area contributed by atoms with Gasteiger partial charge in [0.05, 0.1) is 12.1 Å². The lowest BCUT2D eigenvalue weighted by molar-refractivity contribution is 0.0777. The molecule has 5 nitrogen and oxygen atoms in total. The van der Waals surface area contributed by atoms with Crippen molar-refractivity contribution < 1.29 is 9.53 Å². The predicted octanol–water partition coefficient (Wildman–Crippen LogP) is -0.269. The number of nitrogens with one attached hydrogen (secondary N) is 3. The van der Waals surface area contributed by atoms with E-state index in [0.29, 0.717) is 5.69 Å². The number of hydrogen-bond donors (Lipinski definition) is 3. The van der Waals surface area contributed by atoms with Gasteiger partial charge >= 0.3 is 0 Å². The highest BCUT2D eigenvalue weighted by Gasteiger charge is 2.28. The van der Waals surface area contributed by atoms with Crippen LogP contribution in [0.25, 0.3) is 0 Å². The van der Waals surface area contributed by atoms with E-state index >= 15 is 0 Å². The molecule has 0 aliphatic carbocycles. The van der Waals surface area contributed by atoms with Crippen LogP contribution < -0.4 is 10.6 Å². The number of ether oxygens (including phenoxy) is 1. The van der Waals surface area contributed by atoms with Gasteiger partial charge in [0.2, 0.25) is 0 Å². The molecule has 1 aliphatic rings. The number of carbonyl (C=O) groups excluding carboxylic acids is 1. The number of methoxy groups -OCH3 is 1. The van der Waals surface area contributed by atoms with Gasteiger partial charge < -0.3 is 20.4 Å². The molecule has 2 rings (SSSR count). The zero-order valence-corrected chi connectivity index (χ0v) is 8.62. The van der Waals surface area contributed by atoms with Crippen molar-refractivity contribution in [2.75, 3.05) is 20.2 Å². The smallest absolute Gasteiger partial charge is 0.268 e. The van der Waals surface area contributed by atoms with E-state index in [-0.39, 0.29) is 18.1 Å². The standard InChI is InChI=1S/C10H15N3O2/c1-15-9-6-11-5-8(9)13-10(14)7-3-2-4-12-7/h2-4,8-9,11-12H,5-6H2,1H3,(H,13,14). The van der Waals surface area contributed by atoms with Crippen LogP contribution in [0.4, 0.5) is 0 Å². The summed E-state index contributed by atoms with van der Waals surface area (Å²) in [6, 6.07) is 3.60. The van der Waals surface area contributed by atoms with Crippen molar-refractivity contribution in [2.45, 2.75) is 12.1 Å². The maximum atomic E-state index is 11.7. The minimum absolute atomic E-state index is 0.0470. The summed E-state index contributed by atoms with van der Waals surface area (Å²) < 4.78 is 5.25. The molecular formula is C10H15N3O2. The first kappa shape index (κ1) is 10.2. The lowest BCUT2D eigenvalue weighted by atomic mass is 10.2. The normalized spacial score (nSPS) is 25.4. The average molecular weight is 209 g/mol. The van der Waals surface area contributed by atoms with E-state index in [4.69, 9.17) is 4.74 Å². The molecule has 2 unspecified atom stereocenters. The van der Waals surface area contributed by atoms with E-state index in [9.17, 15) is 4.79 Å². The van der Waals surface area contributed by atoms with Crippen LogP contribution in [0.15, 0.2) is 18.3 Å². The predicted molar refractivity (Wildman–Crippen MR) is 55.7 cm³/mol. The van der Waals surface area contributed by atoms with Crippen LogP contribution in [0.5, 0.6) is 0 Å². The third-order valence-corrected chi connectivity index (χ3v) is 2.62. The zero-order chi connectivity index (χ0) is 10.7. The van der Waals surface area contributed by atoms with Gasteiger partial charge in [0.25, 0.3) is 5.91 Å². The molecule has 1 aromatic heterocycles. The average Bonchev–Trinajstić information content (AvgIpc) is 2.87. The molecule has 0 saturated carbocycles. The van der Waals surface area contributed by atoms with Crippen molar-refractivity contribution in [3.63, 3.8) is 0 Å². The van der Waals surface area contributed by atoms with Gasteiger partial charge in [0.15, 0.2) is 0 Å². The monoisotopic (exact) mass is 209 g/mol.